The fraction of sp³-hybridized carbons (Fsp3) is 0.688. The molecule has 110 valence electrons. The molecule has 0 amide bonds. The molecule has 1 aromatic heterocycles. The summed E-state index contributed by atoms with van der Waals surface area (Å²) < 4.78 is 0. The van der Waals surface area contributed by atoms with E-state index in [1.54, 1.807) is 6.20 Å². The third-order valence-electron chi connectivity index (χ3n) is 5.00. The minimum Gasteiger partial charge on any atom is -0.308 e. The monoisotopic (exact) mass is 293 g/mol. The SMILES string of the molecule is CC1(C2CC2)CN(Cc2ccncc2Cl)C(C)(C)CN1. The first-order chi connectivity index (χ1) is 9.41. The van der Waals surface area contributed by atoms with Gasteiger partial charge in [0, 0.05) is 43.1 Å². The van der Waals surface area contributed by atoms with E-state index in [0.29, 0.717) is 0 Å². The molecule has 20 heavy (non-hydrogen) atoms. The molecular weight excluding hydrogens is 270 g/mol. The molecule has 4 heteroatoms. The van der Waals surface area contributed by atoms with Gasteiger partial charge in [-0.05, 0) is 51.2 Å². The summed E-state index contributed by atoms with van der Waals surface area (Å²) in [5, 5.41) is 4.56. The van der Waals surface area contributed by atoms with Crippen LogP contribution >= 0.6 is 11.6 Å². The zero-order chi connectivity index (χ0) is 14.4. The van der Waals surface area contributed by atoms with E-state index in [9.17, 15) is 0 Å². The summed E-state index contributed by atoms with van der Waals surface area (Å²) in [6.07, 6.45) is 6.31. The second-order valence-electron chi connectivity index (χ2n) is 7.18. The highest BCUT2D eigenvalue weighted by atomic mass is 35.5. The van der Waals surface area contributed by atoms with E-state index in [1.807, 2.05) is 12.3 Å². The van der Waals surface area contributed by atoms with Crippen molar-refractivity contribution in [1.29, 1.82) is 0 Å². The molecule has 1 aliphatic carbocycles. The Balaban J connectivity index is 1.80. The molecule has 2 fully saturated rings. The third-order valence-corrected chi connectivity index (χ3v) is 5.34. The van der Waals surface area contributed by atoms with Gasteiger partial charge in [-0.2, -0.15) is 0 Å². The van der Waals surface area contributed by atoms with E-state index in [0.717, 1.165) is 30.6 Å². The lowest BCUT2D eigenvalue weighted by molar-refractivity contribution is 0.0178. The van der Waals surface area contributed by atoms with E-state index < -0.39 is 0 Å². The summed E-state index contributed by atoms with van der Waals surface area (Å²) in [6, 6.07) is 2.04. The van der Waals surface area contributed by atoms with E-state index in [4.69, 9.17) is 11.6 Å². The fourth-order valence-corrected chi connectivity index (χ4v) is 3.38. The molecule has 1 atom stereocenters. The third kappa shape index (κ3) is 2.72. The molecule has 1 unspecified atom stereocenters. The second-order valence-corrected chi connectivity index (χ2v) is 7.59. The van der Waals surface area contributed by atoms with E-state index in [-0.39, 0.29) is 11.1 Å². The molecule has 1 N–H and O–H groups in total. The number of aromatic nitrogens is 1. The highest BCUT2D eigenvalue weighted by Crippen LogP contribution is 2.42. The van der Waals surface area contributed by atoms with Crippen LogP contribution in [0, 0.1) is 5.92 Å². The molecule has 0 spiro atoms. The first kappa shape index (κ1) is 14.3. The Bertz CT molecular complexity index is 498. The van der Waals surface area contributed by atoms with Gasteiger partial charge < -0.3 is 5.32 Å². The number of rotatable bonds is 3. The highest BCUT2D eigenvalue weighted by Gasteiger charge is 2.48. The van der Waals surface area contributed by atoms with Gasteiger partial charge in [0.05, 0.1) is 5.02 Å². The molecule has 0 aromatic carbocycles. The standard InChI is InChI=1S/C16H24ClN3/c1-15(2)10-19-16(3,13-4-5-13)11-20(15)9-12-6-7-18-8-14(12)17/h6-8,13,19H,4-5,9-11H2,1-3H3. The van der Waals surface area contributed by atoms with Crippen molar-refractivity contribution in [2.75, 3.05) is 13.1 Å². The van der Waals surface area contributed by atoms with Crippen molar-refractivity contribution in [3.05, 3.63) is 29.0 Å². The quantitative estimate of drug-likeness (QED) is 0.928. The van der Waals surface area contributed by atoms with Crippen molar-refractivity contribution >= 4 is 11.6 Å². The van der Waals surface area contributed by atoms with Crippen molar-refractivity contribution in [2.45, 2.75) is 51.2 Å². The normalized spacial score (nSPS) is 30.4. The zero-order valence-corrected chi connectivity index (χ0v) is 13.4. The lowest BCUT2D eigenvalue weighted by Crippen LogP contribution is -2.67. The Morgan fingerprint density at radius 2 is 2.15 bits per heavy atom. The van der Waals surface area contributed by atoms with Gasteiger partial charge in [0.25, 0.3) is 0 Å². The maximum absolute atomic E-state index is 6.28. The number of nitrogens with one attached hydrogen (secondary N) is 1. The second kappa shape index (κ2) is 4.97. The number of piperazine rings is 1. The Morgan fingerprint density at radius 3 is 2.80 bits per heavy atom. The Hall–Kier alpha value is -0.640. The highest BCUT2D eigenvalue weighted by molar-refractivity contribution is 6.31. The molecule has 3 rings (SSSR count). The minimum absolute atomic E-state index is 0.154. The van der Waals surface area contributed by atoms with Gasteiger partial charge >= 0.3 is 0 Å². The molecule has 1 aromatic rings. The van der Waals surface area contributed by atoms with Crippen molar-refractivity contribution in [3.63, 3.8) is 0 Å². The number of halogens is 1. The molecule has 3 nitrogen and oxygen atoms in total. The summed E-state index contributed by atoms with van der Waals surface area (Å²) >= 11 is 6.28. The number of pyridine rings is 1. The molecule has 0 radical (unpaired) electrons. The van der Waals surface area contributed by atoms with E-state index in [1.165, 1.54) is 18.4 Å². The maximum Gasteiger partial charge on any atom is 0.0634 e. The first-order valence-corrected chi connectivity index (χ1v) is 7.87. The van der Waals surface area contributed by atoms with Crippen LogP contribution in [0.4, 0.5) is 0 Å². The molecule has 1 saturated carbocycles. The van der Waals surface area contributed by atoms with Crippen LogP contribution in [0.2, 0.25) is 5.02 Å². The fourth-order valence-electron chi connectivity index (χ4n) is 3.20. The Kier molecular flexibility index (Phi) is 3.56. The van der Waals surface area contributed by atoms with E-state index in [2.05, 4.69) is 36.0 Å². The van der Waals surface area contributed by atoms with Gasteiger partial charge in [0.1, 0.15) is 0 Å². The number of nitrogens with zero attached hydrogens (tertiary/aromatic N) is 2. The van der Waals surface area contributed by atoms with Gasteiger partial charge in [-0.25, -0.2) is 0 Å². The molecular formula is C16H24ClN3. The molecule has 0 bridgehead atoms. The lowest BCUT2D eigenvalue weighted by atomic mass is 9.86. The summed E-state index contributed by atoms with van der Waals surface area (Å²) in [7, 11) is 0. The topological polar surface area (TPSA) is 28.2 Å². The average molecular weight is 294 g/mol. The smallest absolute Gasteiger partial charge is 0.0634 e. The summed E-state index contributed by atoms with van der Waals surface area (Å²) in [4.78, 5) is 6.65. The van der Waals surface area contributed by atoms with Crippen LogP contribution in [0.15, 0.2) is 18.5 Å². The minimum atomic E-state index is 0.154. The predicted molar refractivity (Wildman–Crippen MR) is 82.9 cm³/mol. The largest absolute Gasteiger partial charge is 0.308 e. The van der Waals surface area contributed by atoms with Crippen LogP contribution in [0.3, 0.4) is 0 Å². The van der Waals surface area contributed by atoms with Crippen LogP contribution in [0.1, 0.15) is 39.2 Å². The summed E-state index contributed by atoms with van der Waals surface area (Å²) in [5.74, 6) is 0.842. The van der Waals surface area contributed by atoms with Gasteiger partial charge in [-0.15, -0.1) is 0 Å². The van der Waals surface area contributed by atoms with Crippen molar-refractivity contribution < 1.29 is 0 Å². The van der Waals surface area contributed by atoms with Crippen LogP contribution in [0.5, 0.6) is 0 Å². The van der Waals surface area contributed by atoms with Crippen LogP contribution in [-0.2, 0) is 6.54 Å². The Labute approximate surface area is 126 Å². The molecule has 1 saturated heterocycles. The van der Waals surface area contributed by atoms with Crippen LogP contribution in [-0.4, -0.2) is 34.1 Å². The van der Waals surface area contributed by atoms with Gasteiger partial charge in [-0.3, -0.25) is 9.88 Å². The maximum atomic E-state index is 6.28. The first-order valence-electron chi connectivity index (χ1n) is 7.49. The van der Waals surface area contributed by atoms with Crippen molar-refractivity contribution in [1.82, 2.24) is 15.2 Å². The summed E-state index contributed by atoms with van der Waals surface area (Å²) in [5.41, 5.74) is 1.59. The van der Waals surface area contributed by atoms with Gasteiger partial charge in [0.15, 0.2) is 0 Å². The molecule has 2 heterocycles. The number of hydrogen-bond acceptors (Lipinski definition) is 3. The van der Waals surface area contributed by atoms with Gasteiger partial charge in [-0.1, -0.05) is 11.6 Å². The van der Waals surface area contributed by atoms with Crippen molar-refractivity contribution in [3.8, 4) is 0 Å². The summed E-state index contributed by atoms with van der Waals surface area (Å²) in [6.45, 7) is 10.0. The lowest BCUT2D eigenvalue weighted by Gasteiger charge is -2.51. The Morgan fingerprint density at radius 1 is 1.40 bits per heavy atom. The van der Waals surface area contributed by atoms with Crippen LogP contribution < -0.4 is 5.32 Å². The molecule has 1 aliphatic heterocycles. The van der Waals surface area contributed by atoms with Crippen molar-refractivity contribution in [2.24, 2.45) is 5.92 Å². The number of hydrogen-bond donors (Lipinski definition) is 1. The molecule has 2 aliphatic rings. The zero-order valence-electron chi connectivity index (χ0n) is 12.6. The average Bonchev–Trinajstić information content (AvgIpc) is 3.22. The predicted octanol–water partition coefficient (Wildman–Crippen LogP) is 3.09. The van der Waals surface area contributed by atoms with Crippen LogP contribution in [0.25, 0.3) is 0 Å². The van der Waals surface area contributed by atoms with E-state index >= 15 is 0 Å². The van der Waals surface area contributed by atoms with Gasteiger partial charge in [0.2, 0.25) is 0 Å².